The van der Waals surface area contributed by atoms with Gasteiger partial charge in [-0.2, -0.15) is 0 Å². The van der Waals surface area contributed by atoms with Crippen molar-refractivity contribution in [2.45, 2.75) is 10.9 Å². The minimum atomic E-state index is 0.0740. The van der Waals surface area contributed by atoms with E-state index in [4.69, 9.17) is 4.42 Å². The summed E-state index contributed by atoms with van der Waals surface area (Å²) in [5.41, 5.74) is 2.94. The zero-order valence-electron chi connectivity index (χ0n) is 14.9. The number of nitrogens with one attached hydrogen (secondary N) is 1. The maximum absolute atomic E-state index is 12.5. The number of carbonyl (C=O) groups is 1. The number of ketones is 1. The van der Waals surface area contributed by atoms with Crippen LogP contribution in [-0.2, 0) is 6.54 Å². The van der Waals surface area contributed by atoms with E-state index in [0.29, 0.717) is 23.0 Å². The van der Waals surface area contributed by atoms with Gasteiger partial charge in [0.2, 0.25) is 5.13 Å². The minimum absolute atomic E-state index is 0.0740. The SMILES string of the molecule is O=C(CSc1nnc(NCc2ccco2)s1)c1ccc(-c2ccccc2)cc1. The molecule has 140 valence electrons. The fraction of sp³-hybridized carbons (Fsp3) is 0.0952. The van der Waals surface area contributed by atoms with Crippen molar-refractivity contribution >= 4 is 34.0 Å². The number of benzene rings is 2. The Balaban J connectivity index is 1.30. The van der Waals surface area contributed by atoms with Gasteiger partial charge in [0.15, 0.2) is 10.1 Å². The Morgan fingerprint density at radius 2 is 1.75 bits per heavy atom. The van der Waals surface area contributed by atoms with Gasteiger partial charge in [0.05, 0.1) is 18.6 Å². The second-order valence-corrected chi connectivity index (χ2v) is 8.16. The van der Waals surface area contributed by atoms with Crippen molar-refractivity contribution in [3.8, 4) is 11.1 Å². The lowest BCUT2D eigenvalue weighted by molar-refractivity contribution is 0.102. The molecule has 0 aliphatic heterocycles. The summed E-state index contributed by atoms with van der Waals surface area (Å²) < 4.78 is 6.03. The van der Waals surface area contributed by atoms with E-state index >= 15 is 0 Å². The lowest BCUT2D eigenvalue weighted by Crippen LogP contribution is -2.01. The van der Waals surface area contributed by atoms with E-state index in [0.717, 1.165) is 21.2 Å². The number of aromatic nitrogens is 2. The number of nitrogens with zero attached hydrogens (tertiary/aromatic N) is 2. The van der Waals surface area contributed by atoms with Gasteiger partial charge in [0, 0.05) is 5.56 Å². The minimum Gasteiger partial charge on any atom is -0.467 e. The number of Topliss-reactive ketones (excluding diaryl/α,β-unsaturated/α-hetero) is 1. The van der Waals surface area contributed by atoms with Crippen LogP contribution in [0.1, 0.15) is 16.1 Å². The van der Waals surface area contributed by atoms with E-state index in [1.54, 1.807) is 6.26 Å². The Kier molecular flexibility index (Phi) is 5.84. The molecule has 0 atom stereocenters. The summed E-state index contributed by atoms with van der Waals surface area (Å²) in [5.74, 6) is 1.24. The molecule has 2 aromatic heterocycles. The van der Waals surface area contributed by atoms with Gasteiger partial charge < -0.3 is 9.73 Å². The van der Waals surface area contributed by atoms with Gasteiger partial charge in [-0.05, 0) is 23.3 Å². The van der Waals surface area contributed by atoms with Gasteiger partial charge in [0.1, 0.15) is 5.76 Å². The highest BCUT2D eigenvalue weighted by Crippen LogP contribution is 2.27. The van der Waals surface area contributed by atoms with Crippen LogP contribution in [0.25, 0.3) is 11.1 Å². The molecule has 2 heterocycles. The molecule has 0 aliphatic rings. The first-order valence-electron chi connectivity index (χ1n) is 8.69. The van der Waals surface area contributed by atoms with Gasteiger partial charge in [0.25, 0.3) is 0 Å². The molecule has 0 spiro atoms. The summed E-state index contributed by atoms with van der Waals surface area (Å²) in [6, 6.07) is 21.6. The van der Waals surface area contributed by atoms with E-state index in [2.05, 4.69) is 27.6 Å². The van der Waals surface area contributed by atoms with Crippen molar-refractivity contribution < 1.29 is 9.21 Å². The average molecular weight is 408 g/mol. The van der Waals surface area contributed by atoms with Crippen LogP contribution in [0.3, 0.4) is 0 Å². The van der Waals surface area contributed by atoms with E-state index < -0.39 is 0 Å². The average Bonchev–Trinajstić information content (AvgIpc) is 3.43. The largest absolute Gasteiger partial charge is 0.467 e. The third-order valence-corrected chi connectivity index (χ3v) is 6.06. The van der Waals surface area contributed by atoms with E-state index in [9.17, 15) is 4.79 Å². The highest BCUT2D eigenvalue weighted by molar-refractivity contribution is 8.01. The Morgan fingerprint density at radius 3 is 2.50 bits per heavy atom. The lowest BCUT2D eigenvalue weighted by Gasteiger charge is -2.03. The molecular formula is C21H17N3O2S2. The monoisotopic (exact) mass is 407 g/mol. The number of furan rings is 1. The first kappa shape index (κ1) is 18.5. The van der Waals surface area contributed by atoms with Crippen molar-refractivity contribution in [1.29, 1.82) is 0 Å². The van der Waals surface area contributed by atoms with E-state index in [1.807, 2.05) is 54.6 Å². The van der Waals surface area contributed by atoms with Crippen molar-refractivity contribution in [3.63, 3.8) is 0 Å². The molecule has 28 heavy (non-hydrogen) atoms. The third-order valence-electron chi connectivity index (χ3n) is 4.04. The van der Waals surface area contributed by atoms with Crippen LogP contribution < -0.4 is 5.32 Å². The summed E-state index contributed by atoms with van der Waals surface area (Å²) in [6.07, 6.45) is 1.64. The lowest BCUT2D eigenvalue weighted by atomic mass is 10.0. The van der Waals surface area contributed by atoms with Crippen LogP contribution in [-0.4, -0.2) is 21.7 Å². The molecule has 0 fully saturated rings. The van der Waals surface area contributed by atoms with Gasteiger partial charge >= 0.3 is 0 Å². The number of hydrogen-bond donors (Lipinski definition) is 1. The summed E-state index contributed by atoms with van der Waals surface area (Å²) in [6.45, 7) is 0.555. The van der Waals surface area contributed by atoms with Crippen molar-refractivity contribution in [2.24, 2.45) is 0 Å². The van der Waals surface area contributed by atoms with Crippen molar-refractivity contribution in [2.75, 3.05) is 11.1 Å². The van der Waals surface area contributed by atoms with Crippen LogP contribution in [0.2, 0.25) is 0 Å². The van der Waals surface area contributed by atoms with Crippen molar-refractivity contribution in [1.82, 2.24) is 10.2 Å². The summed E-state index contributed by atoms with van der Waals surface area (Å²) >= 11 is 2.83. The molecule has 2 aromatic carbocycles. The predicted molar refractivity (Wildman–Crippen MR) is 113 cm³/mol. The Hall–Kier alpha value is -2.90. The molecule has 0 bridgehead atoms. The molecule has 5 nitrogen and oxygen atoms in total. The predicted octanol–water partition coefficient (Wildman–Crippen LogP) is 5.39. The van der Waals surface area contributed by atoms with Crippen LogP contribution >= 0.6 is 23.1 Å². The van der Waals surface area contributed by atoms with Crippen LogP contribution in [0.5, 0.6) is 0 Å². The smallest absolute Gasteiger partial charge is 0.206 e. The van der Waals surface area contributed by atoms with Gasteiger partial charge in [-0.1, -0.05) is 77.7 Å². The highest BCUT2D eigenvalue weighted by Gasteiger charge is 2.11. The third kappa shape index (κ3) is 4.68. The summed E-state index contributed by atoms with van der Waals surface area (Å²) in [7, 11) is 0. The van der Waals surface area contributed by atoms with Gasteiger partial charge in [-0.15, -0.1) is 10.2 Å². The second-order valence-electron chi connectivity index (χ2n) is 5.96. The number of thioether (sulfide) groups is 1. The van der Waals surface area contributed by atoms with Gasteiger partial charge in [-0.3, -0.25) is 4.79 Å². The topological polar surface area (TPSA) is 68.0 Å². The number of anilines is 1. The van der Waals surface area contributed by atoms with Gasteiger partial charge in [-0.25, -0.2) is 0 Å². The van der Waals surface area contributed by atoms with Crippen molar-refractivity contribution in [3.05, 3.63) is 84.3 Å². The van der Waals surface area contributed by atoms with E-state index in [1.165, 1.54) is 23.1 Å². The molecule has 7 heteroatoms. The Morgan fingerprint density at radius 1 is 0.964 bits per heavy atom. The molecule has 0 saturated heterocycles. The van der Waals surface area contributed by atoms with Crippen LogP contribution in [0, 0.1) is 0 Å². The molecule has 0 unspecified atom stereocenters. The fourth-order valence-corrected chi connectivity index (χ4v) is 4.25. The maximum Gasteiger partial charge on any atom is 0.206 e. The molecule has 0 aliphatic carbocycles. The maximum atomic E-state index is 12.5. The molecule has 0 radical (unpaired) electrons. The Labute approximate surface area is 170 Å². The van der Waals surface area contributed by atoms with Crippen LogP contribution in [0.4, 0.5) is 5.13 Å². The summed E-state index contributed by atoms with van der Waals surface area (Å²) in [4.78, 5) is 12.5. The molecular weight excluding hydrogens is 390 g/mol. The molecule has 1 N–H and O–H groups in total. The zero-order valence-corrected chi connectivity index (χ0v) is 16.5. The Bertz CT molecular complexity index is 1030. The van der Waals surface area contributed by atoms with E-state index in [-0.39, 0.29) is 5.78 Å². The van der Waals surface area contributed by atoms with Crippen LogP contribution in [0.15, 0.2) is 81.8 Å². The quantitative estimate of drug-likeness (QED) is 0.312. The fourth-order valence-electron chi connectivity index (χ4n) is 2.61. The molecule has 4 rings (SSSR count). The number of carbonyl (C=O) groups excluding carboxylic acids is 1. The summed E-state index contributed by atoms with van der Waals surface area (Å²) in [5, 5.41) is 12.1. The highest BCUT2D eigenvalue weighted by atomic mass is 32.2. The normalized spacial score (nSPS) is 10.7. The molecule has 0 amide bonds. The molecule has 4 aromatic rings. The first-order valence-corrected chi connectivity index (χ1v) is 10.5. The standard InChI is InChI=1S/C21H17N3O2S2/c25-19(17-10-8-16(9-11-17)15-5-2-1-3-6-15)14-27-21-24-23-20(28-21)22-13-18-7-4-12-26-18/h1-12H,13-14H2,(H,22,23). The second kappa shape index (κ2) is 8.86. The molecule has 0 saturated carbocycles. The number of hydrogen-bond acceptors (Lipinski definition) is 7. The number of rotatable bonds is 8. The zero-order chi connectivity index (χ0) is 19.2. The first-order chi connectivity index (χ1) is 13.8.